The van der Waals surface area contributed by atoms with Crippen LogP contribution >= 0.6 is 11.3 Å². The molecule has 1 aliphatic rings. The van der Waals surface area contributed by atoms with E-state index in [0.29, 0.717) is 12.8 Å². The van der Waals surface area contributed by atoms with Crippen LogP contribution in [0.4, 0.5) is 0 Å². The first-order valence-corrected chi connectivity index (χ1v) is 21.2. The molecule has 6 heteroatoms. The summed E-state index contributed by atoms with van der Waals surface area (Å²) in [7, 11) is 0. The van der Waals surface area contributed by atoms with E-state index in [2.05, 4.69) is 115 Å². The van der Waals surface area contributed by atoms with Crippen LogP contribution in [0.1, 0.15) is 131 Å². The van der Waals surface area contributed by atoms with Gasteiger partial charge in [-0.3, -0.25) is 9.78 Å². The molecule has 0 bridgehead atoms. The topological polar surface area (TPSA) is 70.4 Å². The Morgan fingerprint density at radius 1 is 0.768 bits per heavy atom. The minimum absolute atomic E-state index is 0. The zero-order valence-electron chi connectivity index (χ0n) is 35.2. The average Bonchev–Trinajstić information content (AvgIpc) is 3.51. The van der Waals surface area contributed by atoms with Gasteiger partial charge in [0.15, 0.2) is 5.76 Å². The number of thiophene rings is 1. The second-order valence-electron chi connectivity index (χ2n) is 18.0. The second-order valence-corrected chi connectivity index (χ2v) is 19.1. The molecular weight excluding hydrogens is 887 g/mol. The van der Waals surface area contributed by atoms with Crippen molar-refractivity contribution in [3.63, 3.8) is 0 Å². The van der Waals surface area contributed by atoms with E-state index in [9.17, 15) is 15.0 Å². The van der Waals surface area contributed by atoms with Gasteiger partial charge in [0, 0.05) is 69.4 Å². The number of pyridine rings is 1. The Morgan fingerprint density at radius 2 is 1.34 bits per heavy atom. The first-order chi connectivity index (χ1) is 25.9. The summed E-state index contributed by atoms with van der Waals surface area (Å²) < 4.78 is 2.74. The number of aromatic nitrogens is 1. The largest absolute Gasteiger partial charge is 0.508 e. The molecule has 0 saturated heterocycles. The van der Waals surface area contributed by atoms with E-state index in [1.54, 1.807) is 0 Å². The third kappa shape index (κ3) is 8.36. The Labute approximate surface area is 352 Å². The molecule has 0 saturated carbocycles. The monoisotopic (exact) mass is 947 g/mol. The number of hydrogen-bond acceptors (Lipinski definition) is 5. The summed E-state index contributed by atoms with van der Waals surface area (Å²) in [4.78, 5) is 16.8. The van der Waals surface area contributed by atoms with Gasteiger partial charge in [-0.05, 0) is 95.5 Å². The molecule has 1 radical (unpaired) electrons. The van der Waals surface area contributed by atoms with Crippen LogP contribution in [-0.2, 0) is 41.1 Å². The molecule has 299 valence electrons. The van der Waals surface area contributed by atoms with Crippen molar-refractivity contribution in [3.05, 3.63) is 101 Å². The van der Waals surface area contributed by atoms with Crippen molar-refractivity contribution < 1.29 is 35.1 Å². The first kappa shape index (κ1) is 43.5. The summed E-state index contributed by atoms with van der Waals surface area (Å²) in [5.74, 6) is -1.19. The molecule has 0 amide bonds. The third-order valence-electron chi connectivity index (χ3n) is 12.3. The zero-order chi connectivity index (χ0) is 40.0. The number of Topliss-reactive ketones (excluding diaryl/α,β-unsaturated/α-hetero) is 1. The Hall–Kier alpha value is -3.57. The van der Waals surface area contributed by atoms with E-state index in [0.717, 1.165) is 29.5 Å². The molecule has 56 heavy (non-hydrogen) atoms. The Balaban J connectivity index is 0.000000302. The van der Waals surface area contributed by atoms with Crippen LogP contribution in [-0.4, -0.2) is 21.0 Å². The number of nitrogens with zero attached hydrogens (tertiary/aromatic N) is 1. The van der Waals surface area contributed by atoms with Crippen LogP contribution in [0.25, 0.3) is 53.0 Å². The Kier molecular flexibility index (Phi) is 13.0. The molecule has 0 aliphatic heterocycles. The van der Waals surface area contributed by atoms with Crippen molar-refractivity contribution in [1.29, 1.82) is 0 Å². The van der Waals surface area contributed by atoms with Gasteiger partial charge in [-0.25, -0.2) is 0 Å². The minimum atomic E-state index is -0.428. The van der Waals surface area contributed by atoms with Gasteiger partial charge in [0.25, 0.3) is 0 Å². The van der Waals surface area contributed by atoms with Crippen LogP contribution in [0.15, 0.2) is 78.4 Å². The summed E-state index contributed by atoms with van der Waals surface area (Å²) >= 11 is 1.92. The van der Waals surface area contributed by atoms with Crippen molar-refractivity contribution in [2.24, 2.45) is 11.8 Å². The van der Waals surface area contributed by atoms with Crippen LogP contribution in [0, 0.1) is 17.9 Å². The van der Waals surface area contributed by atoms with Gasteiger partial charge in [0.1, 0.15) is 5.76 Å². The number of ketones is 1. The molecule has 2 heterocycles. The van der Waals surface area contributed by atoms with E-state index in [4.69, 9.17) is 4.98 Å². The zero-order valence-corrected chi connectivity index (χ0v) is 38.5. The normalized spacial score (nSPS) is 15.4. The van der Waals surface area contributed by atoms with Crippen molar-refractivity contribution in [1.82, 2.24) is 4.98 Å². The van der Waals surface area contributed by atoms with E-state index in [-0.39, 0.29) is 59.7 Å². The van der Waals surface area contributed by atoms with E-state index in [1.165, 1.54) is 65.9 Å². The number of allylic oxidation sites excluding steroid dienone is 2. The minimum Gasteiger partial charge on any atom is -0.508 e. The maximum Gasteiger partial charge on any atom is 0.203 e. The van der Waals surface area contributed by atoms with Gasteiger partial charge in [-0.15, -0.1) is 40.5 Å². The summed E-state index contributed by atoms with van der Waals surface area (Å²) in [5.41, 5.74) is 6.91. The van der Waals surface area contributed by atoms with Crippen molar-refractivity contribution in [2.45, 2.75) is 131 Å². The summed E-state index contributed by atoms with van der Waals surface area (Å²) in [6, 6.07) is 26.6. The summed E-state index contributed by atoms with van der Waals surface area (Å²) in [6.45, 7) is 24.2. The Morgan fingerprint density at radius 3 is 1.95 bits per heavy atom. The van der Waals surface area contributed by atoms with Gasteiger partial charge in [0.2, 0.25) is 5.78 Å². The fraction of sp³-hybridized carbons (Fsp3) is 0.440. The molecule has 0 unspecified atom stereocenters. The first-order valence-electron chi connectivity index (χ1n) is 20.4. The van der Waals surface area contributed by atoms with Gasteiger partial charge >= 0.3 is 0 Å². The van der Waals surface area contributed by atoms with Crippen molar-refractivity contribution >= 4 is 58.8 Å². The van der Waals surface area contributed by atoms with Crippen LogP contribution in [0.5, 0.6) is 0 Å². The fourth-order valence-electron chi connectivity index (χ4n) is 8.46. The Bertz CT molecular complexity index is 2420. The van der Waals surface area contributed by atoms with E-state index in [1.807, 2.05) is 45.2 Å². The summed E-state index contributed by atoms with van der Waals surface area (Å²) in [5, 5.41) is 27.1. The number of carbonyl (C=O) groups is 1. The van der Waals surface area contributed by atoms with Crippen molar-refractivity contribution in [2.75, 3.05) is 0 Å². The third-order valence-corrected chi connectivity index (χ3v) is 13.5. The molecule has 0 fully saturated rings. The van der Waals surface area contributed by atoms with Crippen LogP contribution in [0.2, 0.25) is 0 Å². The van der Waals surface area contributed by atoms with Gasteiger partial charge < -0.3 is 10.2 Å². The number of benzene rings is 4. The number of hydrogen-bond donors (Lipinski definition) is 2. The quantitative estimate of drug-likeness (QED) is 0.0906. The maximum atomic E-state index is 11.8. The number of aliphatic hydroxyl groups is 2. The number of fused-ring (bicyclic) bond motifs is 6. The fourth-order valence-corrected chi connectivity index (χ4v) is 9.62. The average molecular weight is 947 g/mol. The molecule has 1 aliphatic carbocycles. The smallest absolute Gasteiger partial charge is 0.203 e. The molecular formula is C50H60IrNO3S-. The van der Waals surface area contributed by atoms with E-state index < -0.39 is 5.76 Å². The molecule has 7 rings (SSSR count). The van der Waals surface area contributed by atoms with Gasteiger partial charge in [-0.2, -0.15) is 0 Å². The molecule has 2 N–H and O–H groups in total. The number of aliphatic hydroxyl groups excluding tert-OH is 2. The number of rotatable bonds is 8. The predicted molar refractivity (Wildman–Crippen MR) is 236 cm³/mol. The molecule has 6 aromatic rings. The number of carbonyl (C=O) groups excluding carboxylic acids is 1. The standard InChI is InChI=1S/C37H36NS.C13H24O3.Ir/c1-35(2,3)29-16-24(14-22-10-8-9-11-26(22)29)32-17-23-15-27-28-19-30-31(37(6,7)13-12-36(30,4)5)20-34(28)39-33(27)18-25(23)21-38-32;1-5-9(6-2)11(14)13(16)12(15)10(7-3)8-4;/h8-11,15-21H,12-13H2,1-7H3;9-10,14,16H,5-8H2,1-4H3;/q-1;;/b;13-11+;. The molecule has 0 spiro atoms. The maximum absolute atomic E-state index is 11.8. The molecule has 2 aromatic heterocycles. The van der Waals surface area contributed by atoms with Crippen LogP contribution < -0.4 is 0 Å². The van der Waals surface area contributed by atoms with Crippen molar-refractivity contribution in [3.8, 4) is 11.3 Å². The van der Waals surface area contributed by atoms with E-state index >= 15 is 0 Å². The van der Waals surface area contributed by atoms with Crippen LogP contribution in [0.3, 0.4) is 0 Å². The van der Waals surface area contributed by atoms with Gasteiger partial charge in [0.05, 0.1) is 0 Å². The summed E-state index contributed by atoms with van der Waals surface area (Å²) in [6.07, 6.45) is 7.35. The molecule has 0 atom stereocenters. The molecule has 4 nitrogen and oxygen atoms in total. The predicted octanol–water partition coefficient (Wildman–Crippen LogP) is 14.6. The molecule has 4 aromatic carbocycles. The second kappa shape index (κ2) is 16.7. The van der Waals surface area contributed by atoms with Gasteiger partial charge in [-0.1, -0.05) is 111 Å². The SMILES string of the molecule is CC(C)(C)c1cc(-c2cc3cc4c(cc3cn2)sc2cc3c(cc24)C(C)(C)CCC3(C)C)[c-]c2ccccc12.CCC(CC)C(=O)/C(O)=C(\O)C(CC)CC.[Ir].